The van der Waals surface area contributed by atoms with Crippen molar-refractivity contribution in [1.29, 1.82) is 0 Å². The number of nitrogens with zero attached hydrogens (tertiary/aromatic N) is 1. The fraction of sp³-hybridized carbons (Fsp3) is 0.438. The maximum absolute atomic E-state index is 12.5. The molecule has 1 aromatic carbocycles. The van der Waals surface area contributed by atoms with Crippen LogP contribution in [0, 0.1) is 5.92 Å². The number of piperidine rings is 3. The Hall–Kier alpha value is -1.14. The normalized spacial score (nSPS) is 26.7. The van der Waals surface area contributed by atoms with Gasteiger partial charge in [-0.15, -0.1) is 11.3 Å². The zero-order chi connectivity index (χ0) is 14.4. The molecule has 3 saturated heterocycles. The Morgan fingerprint density at radius 2 is 2.09 bits per heavy atom. The van der Waals surface area contributed by atoms with Crippen LogP contribution in [-0.2, 0) is 0 Å². The van der Waals surface area contributed by atoms with Crippen molar-refractivity contribution in [1.82, 2.24) is 10.2 Å². The van der Waals surface area contributed by atoms with Gasteiger partial charge in [-0.25, -0.2) is 0 Å². The van der Waals surface area contributed by atoms with Crippen molar-refractivity contribution in [2.45, 2.75) is 18.9 Å². The lowest BCUT2D eigenvalue weighted by atomic mass is 9.84. The van der Waals surface area contributed by atoms with Crippen LogP contribution in [0.5, 0.6) is 0 Å². The van der Waals surface area contributed by atoms with Crippen molar-refractivity contribution in [3.8, 4) is 0 Å². The number of hydrogen-bond donors (Lipinski definition) is 1. The van der Waals surface area contributed by atoms with Crippen LogP contribution in [0.3, 0.4) is 0 Å². The summed E-state index contributed by atoms with van der Waals surface area (Å²) in [5, 5.41) is 5.00. The Kier molecular flexibility index (Phi) is 4.41. The first kappa shape index (κ1) is 15.7. The van der Waals surface area contributed by atoms with Crippen LogP contribution < -0.4 is 5.32 Å². The summed E-state index contributed by atoms with van der Waals surface area (Å²) in [4.78, 5) is 15.7. The molecule has 1 unspecified atom stereocenters. The zero-order valence-corrected chi connectivity index (χ0v) is 13.7. The van der Waals surface area contributed by atoms with Gasteiger partial charge in [-0.3, -0.25) is 4.79 Å². The summed E-state index contributed by atoms with van der Waals surface area (Å²) < 4.78 is 0.998. The summed E-state index contributed by atoms with van der Waals surface area (Å²) in [6.45, 7) is 3.38. The molecule has 3 fully saturated rings. The molecule has 0 aliphatic carbocycles. The van der Waals surface area contributed by atoms with Gasteiger partial charge < -0.3 is 15.7 Å². The lowest BCUT2D eigenvalue weighted by Crippen LogP contribution is -2.57. The number of hydrogen-bond acceptors (Lipinski definition) is 3. The predicted molar refractivity (Wildman–Crippen MR) is 90.9 cm³/mol. The first-order valence-corrected chi connectivity index (χ1v) is 8.61. The Balaban J connectivity index is 0.00000144. The molecule has 22 heavy (non-hydrogen) atoms. The van der Waals surface area contributed by atoms with Crippen molar-refractivity contribution in [3.63, 3.8) is 0 Å². The maximum atomic E-state index is 12.5. The van der Waals surface area contributed by atoms with Crippen LogP contribution in [0.2, 0.25) is 5.02 Å². The van der Waals surface area contributed by atoms with E-state index >= 15 is 0 Å². The molecule has 4 heterocycles. The Labute approximate surface area is 138 Å². The molecule has 2 aromatic rings. The van der Waals surface area contributed by atoms with Crippen LogP contribution in [0.15, 0.2) is 24.3 Å². The van der Waals surface area contributed by atoms with E-state index in [9.17, 15) is 4.79 Å². The van der Waals surface area contributed by atoms with Gasteiger partial charge in [0, 0.05) is 12.6 Å². The highest BCUT2D eigenvalue weighted by Gasteiger charge is 2.35. The molecule has 3 N–H and O–H groups in total. The van der Waals surface area contributed by atoms with E-state index in [2.05, 4.69) is 10.2 Å². The fourth-order valence-electron chi connectivity index (χ4n) is 3.51. The summed E-state index contributed by atoms with van der Waals surface area (Å²) in [6, 6.07) is 8.05. The highest BCUT2D eigenvalue weighted by Crippen LogP contribution is 2.32. The largest absolute Gasteiger partial charge is 0.412 e. The summed E-state index contributed by atoms with van der Waals surface area (Å²) >= 11 is 7.67. The Bertz CT molecular complexity index is 695. The second-order valence-electron chi connectivity index (χ2n) is 5.99. The highest BCUT2D eigenvalue weighted by atomic mass is 35.5. The van der Waals surface area contributed by atoms with E-state index in [4.69, 9.17) is 11.6 Å². The number of amides is 1. The Morgan fingerprint density at radius 1 is 1.32 bits per heavy atom. The predicted octanol–water partition coefficient (Wildman–Crippen LogP) is 2.55. The van der Waals surface area contributed by atoms with Crippen LogP contribution >= 0.6 is 22.9 Å². The van der Waals surface area contributed by atoms with Gasteiger partial charge in [0.2, 0.25) is 0 Å². The number of fused-ring (bicyclic) bond motifs is 4. The van der Waals surface area contributed by atoms with Crippen molar-refractivity contribution in [2.75, 3.05) is 19.6 Å². The molecule has 118 valence electrons. The maximum Gasteiger partial charge on any atom is 0.261 e. The number of nitrogens with one attached hydrogen (secondary N) is 1. The van der Waals surface area contributed by atoms with E-state index in [0.29, 0.717) is 12.0 Å². The number of halogens is 1. The van der Waals surface area contributed by atoms with E-state index in [-0.39, 0.29) is 11.4 Å². The van der Waals surface area contributed by atoms with Crippen molar-refractivity contribution < 1.29 is 10.3 Å². The van der Waals surface area contributed by atoms with E-state index in [1.807, 2.05) is 24.3 Å². The van der Waals surface area contributed by atoms with Crippen LogP contribution in [0.1, 0.15) is 22.5 Å². The molecule has 1 aromatic heterocycles. The molecule has 0 radical (unpaired) electrons. The van der Waals surface area contributed by atoms with E-state index in [0.717, 1.165) is 26.5 Å². The smallest absolute Gasteiger partial charge is 0.261 e. The summed E-state index contributed by atoms with van der Waals surface area (Å²) in [7, 11) is 0. The van der Waals surface area contributed by atoms with Gasteiger partial charge in [0.15, 0.2) is 0 Å². The number of carbonyl (C=O) groups is 1. The number of rotatable bonds is 2. The minimum Gasteiger partial charge on any atom is -0.412 e. The fourth-order valence-corrected chi connectivity index (χ4v) is 4.77. The van der Waals surface area contributed by atoms with Crippen molar-refractivity contribution in [3.05, 3.63) is 34.2 Å². The molecular weight excluding hydrogens is 320 g/mol. The first-order valence-electron chi connectivity index (χ1n) is 7.42. The van der Waals surface area contributed by atoms with Gasteiger partial charge in [-0.05, 0) is 49.4 Å². The van der Waals surface area contributed by atoms with E-state index < -0.39 is 0 Å². The lowest BCUT2D eigenvalue weighted by molar-refractivity contribution is 0.0622. The quantitative estimate of drug-likeness (QED) is 0.914. The molecule has 3 aliphatic rings. The van der Waals surface area contributed by atoms with Gasteiger partial charge in [-0.2, -0.15) is 0 Å². The molecular formula is C16H19ClN2O2S. The van der Waals surface area contributed by atoms with Crippen molar-refractivity contribution >= 4 is 38.9 Å². The molecule has 0 spiro atoms. The minimum absolute atomic E-state index is 0. The standard InChI is InChI=1S/C16H17ClN2OS.H2O/c17-12-3-1-2-11-8-14(21-15(11)12)16(20)18-13-9-19-6-4-10(13)5-7-19;/h1-3,8,10,13H,4-7,9H2,(H,18,20);1H2. The molecule has 0 saturated carbocycles. The Morgan fingerprint density at radius 3 is 2.73 bits per heavy atom. The molecule has 2 bridgehead atoms. The monoisotopic (exact) mass is 338 g/mol. The van der Waals surface area contributed by atoms with Gasteiger partial charge in [0.1, 0.15) is 0 Å². The van der Waals surface area contributed by atoms with Gasteiger partial charge in [-0.1, -0.05) is 23.7 Å². The topological polar surface area (TPSA) is 63.8 Å². The second kappa shape index (κ2) is 6.16. The van der Waals surface area contributed by atoms with Crippen molar-refractivity contribution in [2.24, 2.45) is 5.92 Å². The number of benzene rings is 1. The zero-order valence-electron chi connectivity index (χ0n) is 12.1. The molecule has 1 amide bonds. The number of thiophene rings is 1. The third-order valence-corrected chi connectivity index (χ3v) is 6.30. The third-order valence-electron chi connectivity index (χ3n) is 4.69. The molecule has 5 rings (SSSR count). The third kappa shape index (κ3) is 2.74. The van der Waals surface area contributed by atoms with E-state index in [1.54, 1.807) is 0 Å². The SMILES string of the molecule is O.O=C(NC1CN2CCC1CC2)c1cc2cccc(Cl)c2s1. The summed E-state index contributed by atoms with van der Waals surface area (Å²) in [5.74, 6) is 0.697. The van der Waals surface area contributed by atoms with Crippen LogP contribution in [-0.4, -0.2) is 42.0 Å². The average Bonchev–Trinajstić information content (AvgIpc) is 2.94. The van der Waals surface area contributed by atoms with E-state index in [1.165, 1.54) is 37.3 Å². The van der Waals surface area contributed by atoms with Gasteiger partial charge >= 0.3 is 0 Å². The second-order valence-corrected chi connectivity index (χ2v) is 7.45. The van der Waals surface area contributed by atoms with Gasteiger partial charge in [0.05, 0.1) is 14.6 Å². The molecule has 1 atom stereocenters. The summed E-state index contributed by atoms with van der Waals surface area (Å²) in [5.41, 5.74) is 0. The summed E-state index contributed by atoms with van der Waals surface area (Å²) in [6.07, 6.45) is 2.42. The lowest BCUT2D eigenvalue weighted by Gasteiger charge is -2.44. The first-order chi connectivity index (χ1) is 10.2. The molecule has 4 nitrogen and oxygen atoms in total. The number of carbonyl (C=O) groups excluding carboxylic acids is 1. The average molecular weight is 339 g/mol. The van der Waals surface area contributed by atoms with Crippen LogP contribution in [0.4, 0.5) is 0 Å². The minimum atomic E-state index is 0. The highest BCUT2D eigenvalue weighted by molar-refractivity contribution is 7.21. The van der Waals surface area contributed by atoms with Crippen LogP contribution in [0.25, 0.3) is 10.1 Å². The molecule has 3 aliphatic heterocycles. The van der Waals surface area contributed by atoms with Gasteiger partial charge in [0.25, 0.3) is 5.91 Å². The molecule has 6 heteroatoms.